The lowest BCUT2D eigenvalue weighted by Crippen LogP contribution is -2.27. The molecule has 0 saturated heterocycles. The van der Waals surface area contributed by atoms with Crippen LogP contribution in [0.2, 0.25) is 0 Å². The first-order valence-electron chi connectivity index (χ1n) is 6.88. The second kappa shape index (κ2) is 6.33. The number of non-ortho nitro benzene ring substituents is 1. The Hall–Kier alpha value is -2.12. The van der Waals surface area contributed by atoms with Gasteiger partial charge in [0.1, 0.15) is 6.29 Å². The summed E-state index contributed by atoms with van der Waals surface area (Å²) in [6.45, 7) is 0. The largest absolute Gasteiger partial charge is 0.418 e. The van der Waals surface area contributed by atoms with E-state index in [4.69, 9.17) is 0 Å². The number of alkyl halides is 3. The van der Waals surface area contributed by atoms with Crippen LogP contribution in [0.3, 0.4) is 0 Å². The number of rotatable bonds is 4. The summed E-state index contributed by atoms with van der Waals surface area (Å²) in [4.78, 5) is 20.5. The summed E-state index contributed by atoms with van der Waals surface area (Å²) in [5, 5.41) is 13.4. The highest BCUT2D eigenvalue weighted by Crippen LogP contribution is 2.38. The summed E-state index contributed by atoms with van der Waals surface area (Å²) in [5.41, 5.74) is -1.80. The van der Waals surface area contributed by atoms with Crippen LogP contribution >= 0.6 is 0 Å². The number of hydrogen-bond donors (Lipinski definition) is 1. The van der Waals surface area contributed by atoms with Crippen LogP contribution in [0.5, 0.6) is 0 Å². The van der Waals surface area contributed by atoms with E-state index >= 15 is 0 Å². The molecule has 5 nitrogen and oxygen atoms in total. The van der Waals surface area contributed by atoms with Gasteiger partial charge < -0.3 is 10.1 Å². The van der Waals surface area contributed by atoms with Gasteiger partial charge in [-0.15, -0.1) is 0 Å². The van der Waals surface area contributed by atoms with Crippen LogP contribution in [-0.4, -0.2) is 17.3 Å². The van der Waals surface area contributed by atoms with Crippen molar-refractivity contribution in [3.8, 4) is 0 Å². The molecule has 1 fully saturated rings. The van der Waals surface area contributed by atoms with Gasteiger partial charge in [-0.1, -0.05) is 0 Å². The molecule has 2 rings (SSSR count). The third kappa shape index (κ3) is 3.75. The van der Waals surface area contributed by atoms with Gasteiger partial charge >= 0.3 is 6.18 Å². The van der Waals surface area contributed by atoms with E-state index in [1.54, 1.807) is 0 Å². The number of nitrogens with zero attached hydrogens (tertiary/aromatic N) is 1. The summed E-state index contributed by atoms with van der Waals surface area (Å²) in [5.74, 6) is -0.0306. The molecule has 0 spiro atoms. The van der Waals surface area contributed by atoms with Crippen molar-refractivity contribution in [2.24, 2.45) is 5.92 Å². The first kappa shape index (κ1) is 16.3. The van der Waals surface area contributed by atoms with Gasteiger partial charge in [0.2, 0.25) is 0 Å². The number of nitro groups is 1. The molecule has 1 N–H and O–H groups in total. The zero-order chi connectivity index (χ0) is 16.3. The van der Waals surface area contributed by atoms with E-state index in [1.165, 1.54) is 0 Å². The molecule has 0 radical (unpaired) electrons. The standard InChI is InChI=1S/C14H15F3N2O3/c15-14(16,17)12-7-11(19(21)22)5-6-13(12)18-10-3-1-9(8-20)2-4-10/h5-10,18H,1-4H2. The maximum atomic E-state index is 13.1. The van der Waals surface area contributed by atoms with Crippen LogP contribution in [0.25, 0.3) is 0 Å². The van der Waals surface area contributed by atoms with E-state index in [-0.39, 0.29) is 17.6 Å². The molecular weight excluding hydrogens is 301 g/mol. The highest BCUT2D eigenvalue weighted by atomic mass is 19.4. The predicted molar refractivity (Wildman–Crippen MR) is 73.5 cm³/mol. The first-order chi connectivity index (χ1) is 10.3. The number of nitro benzene ring substituents is 1. The summed E-state index contributed by atoms with van der Waals surface area (Å²) >= 11 is 0. The molecule has 0 aliphatic heterocycles. The lowest BCUT2D eigenvalue weighted by Gasteiger charge is -2.28. The SMILES string of the molecule is O=CC1CCC(Nc2ccc([N+](=O)[O-])cc2C(F)(F)F)CC1. The van der Waals surface area contributed by atoms with Crippen LogP contribution < -0.4 is 5.32 Å². The van der Waals surface area contributed by atoms with Gasteiger partial charge in [-0.2, -0.15) is 13.2 Å². The number of hydrogen-bond acceptors (Lipinski definition) is 4. The van der Waals surface area contributed by atoms with Gasteiger partial charge in [-0.25, -0.2) is 0 Å². The van der Waals surface area contributed by atoms with Gasteiger partial charge in [0.25, 0.3) is 5.69 Å². The second-order valence-corrected chi connectivity index (χ2v) is 5.38. The van der Waals surface area contributed by atoms with Crippen LogP contribution in [0.15, 0.2) is 18.2 Å². The lowest BCUT2D eigenvalue weighted by molar-refractivity contribution is -0.385. The van der Waals surface area contributed by atoms with E-state index in [9.17, 15) is 28.1 Å². The molecule has 120 valence electrons. The molecule has 0 bridgehead atoms. The fraction of sp³-hybridized carbons (Fsp3) is 0.500. The molecular formula is C14H15F3N2O3. The Kier molecular flexibility index (Phi) is 4.68. The zero-order valence-electron chi connectivity index (χ0n) is 11.6. The smallest absolute Gasteiger partial charge is 0.382 e. The van der Waals surface area contributed by atoms with E-state index in [2.05, 4.69) is 5.32 Å². The Morgan fingerprint density at radius 2 is 1.86 bits per heavy atom. The minimum absolute atomic E-state index is 0.0306. The molecule has 1 aliphatic carbocycles. The van der Waals surface area contributed by atoms with E-state index in [0.717, 1.165) is 18.4 Å². The minimum atomic E-state index is -4.67. The van der Waals surface area contributed by atoms with Crippen molar-refractivity contribution in [1.29, 1.82) is 0 Å². The summed E-state index contributed by atoms with van der Waals surface area (Å²) in [6, 6.07) is 2.51. The fourth-order valence-corrected chi connectivity index (χ4v) is 2.63. The average molecular weight is 316 g/mol. The van der Waals surface area contributed by atoms with Crippen molar-refractivity contribution in [3.05, 3.63) is 33.9 Å². The monoisotopic (exact) mass is 316 g/mol. The Balaban J connectivity index is 2.20. The summed E-state index contributed by atoms with van der Waals surface area (Å²) in [6.07, 6.45) is -1.34. The number of carbonyl (C=O) groups excluding carboxylic acids is 1. The Bertz CT molecular complexity index is 567. The average Bonchev–Trinajstić information content (AvgIpc) is 2.47. The highest BCUT2D eigenvalue weighted by Gasteiger charge is 2.36. The molecule has 1 aromatic rings. The predicted octanol–water partition coefficient (Wildman–Crippen LogP) is 3.78. The third-order valence-corrected chi connectivity index (χ3v) is 3.84. The van der Waals surface area contributed by atoms with Gasteiger partial charge in [0.15, 0.2) is 0 Å². The molecule has 1 aromatic carbocycles. The number of aldehydes is 1. The Labute approximate surface area is 124 Å². The van der Waals surface area contributed by atoms with E-state index in [0.29, 0.717) is 31.7 Å². The van der Waals surface area contributed by atoms with Crippen LogP contribution in [0, 0.1) is 16.0 Å². The maximum Gasteiger partial charge on any atom is 0.418 e. The van der Waals surface area contributed by atoms with Crippen molar-refractivity contribution in [2.75, 3.05) is 5.32 Å². The van der Waals surface area contributed by atoms with E-state index in [1.807, 2.05) is 0 Å². The van der Waals surface area contributed by atoms with Crippen molar-refractivity contribution < 1.29 is 22.9 Å². The highest BCUT2D eigenvalue weighted by molar-refractivity contribution is 5.58. The molecule has 0 amide bonds. The van der Waals surface area contributed by atoms with Crippen LogP contribution in [0.4, 0.5) is 24.5 Å². The molecule has 0 unspecified atom stereocenters. The molecule has 0 atom stereocenters. The number of anilines is 1. The fourth-order valence-electron chi connectivity index (χ4n) is 2.63. The van der Waals surface area contributed by atoms with Gasteiger partial charge in [0.05, 0.1) is 10.5 Å². The number of carbonyl (C=O) groups is 1. The van der Waals surface area contributed by atoms with Crippen molar-refractivity contribution in [1.82, 2.24) is 0 Å². The number of nitrogens with one attached hydrogen (secondary N) is 1. The van der Waals surface area contributed by atoms with Crippen LogP contribution in [0.1, 0.15) is 31.2 Å². The number of halogens is 3. The Morgan fingerprint density at radius 3 is 2.36 bits per heavy atom. The second-order valence-electron chi connectivity index (χ2n) is 5.38. The van der Waals surface area contributed by atoms with Gasteiger partial charge in [0, 0.05) is 29.8 Å². The van der Waals surface area contributed by atoms with Crippen molar-refractivity contribution >= 4 is 17.7 Å². The molecule has 0 heterocycles. The Morgan fingerprint density at radius 1 is 1.23 bits per heavy atom. The topological polar surface area (TPSA) is 72.2 Å². The molecule has 1 aliphatic rings. The lowest BCUT2D eigenvalue weighted by atomic mass is 9.87. The van der Waals surface area contributed by atoms with Crippen LogP contribution in [-0.2, 0) is 11.0 Å². The van der Waals surface area contributed by atoms with Crippen molar-refractivity contribution in [2.45, 2.75) is 37.9 Å². The normalized spacial score (nSPS) is 22.1. The van der Waals surface area contributed by atoms with E-state index < -0.39 is 22.4 Å². The molecule has 0 aromatic heterocycles. The quantitative estimate of drug-likeness (QED) is 0.521. The maximum absolute atomic E-state index is 13.1. The first-order valence-corrected chi connectivity index (χ1v) is 6.88. The summed E-state index contributed by atoms with van der Waals surface area (Å²) in [7, 11) is 0. The van der Waals surface area contributed by atoms with Gasteiger partial charge in [-0.3, -0.25) is 10.1 Å². The number of benzene rings is 1. The third-order valence-electron chi connectivity index (χ3n) is 3.84. The van der Waals surface area contributed by atoms with Gasteiger partial charge in [-0.05, 0) is 31.7 Å². The minimum Gasteiger partial charge on any atom is -0.382 e. The molecule has 8 heteroatoms. The van der Waals surface area contributed by atoms with Crippen molar-refractivity contribution in [3.63, 3.8) is 0 Å². The summed E-state index contributed by atoms with van der Waals surface area (Å²) < 4.78 is 39.2. The molecule has 22 heavy (non-hydrogen) atoms. The molecule has 1 saturated carbocycles. The zero-order valence-corrected chi connectivity index (χ0v) is 11.6.